The highest BCUT2D eigenvalue weighted by atomic mass is 35.5. The summed E-state index contributed by atoms with van der Waals surface area (Å²) in [4.78, 5) is 26.5. The molecule has 2 aromatic rings. The normalized spacial score (nSPS) is 20.4. The Labute approximate surface area is 197 Å². The lowest BCUT2D eigenvalue weighted by molar-refractivity contribution is -0.140. The first kappa shape index (κ1) is 23.2. The van der Waals surface area contributed by atoms with Gasteiger partial charge in [0.05, 0.1) is 12.2 Å². The molecule has 1 aliphatic heterocycles. The molecule has 0 unspecified atom stereocenters. The molecule has 0 radical (unpaired) electrons. The Hall–Kier alpha value is -2.96. The second-order valence-electron chi connectivity index (χ2n) is 8.22. The van der Waals surface area contributed by atoms with E-state index in [1.54, 1.807) is 19.1 Å². The molecule has 0 bridgehead atoms. The maximum absolute atomic E-state index is 13.7. The number of nitrogens with one attached hydrogen (secondary N) is 1. The van der Waals surface area contributed by atoms with E-state index < -0.39 is 11.9 Å². The van der Waals surface area contributed by atoms with E-state index in [0.29, 0.717) is 33.9 Å². The first-order valence-corrected chi connectivity index (χ1v) is 11.2. The van der Waals surface area contributed by atoms with E-state index in [2.05, 4.69) is 5.32 Å². The van der Waals surface area contributed by atoms with Gasteiger partial charge in [0.1, 0.15) is 12.4 Å². The summed E-state index contributed by atoms with van der Waals surface area (Å²) in [5, 5.41) is 3.91. The Morgan fingerprint density at radius 2 is 1.85 bits per heavy atom. The van der Waals surface area contributed by atoms with Crippen molar-refractivity contribution in [1.82, 2.24) is 5.32 Å². The van der Waals surface area contributed by atoms with Crippen LogP contribution in [-0.2, 0) is 19.1 Å². The van der Waals surface area contributed by atoms with Gasteiger partial charge < -0.3 is 14.8 Å². The topological polar surface area (TPSA) is 64.6 Å². The molecule has 2 aromatic carbocycles. The Balaban J connectivity index is 1.75. The Morgan fingerprint density at radius 3 is 2.55 bits per heavy atom. The second-order valence-corrected chi connectivity index (χ2v) is 8.63. The third-order valence-corrected chi connectivity index (χ3v) is 6.46. The number of hydrogen-bond acceptors (Lipinski definition) is 5. The first-order valence-electron chi connectivity index (χ1n) is 10.8. The molecule has 1 aliphatic carbocycles. The van der Waals surface area contributed by atoms with Gasteiger partial charge in [-0.05, 0) is 48.6 Å². The van der Waals surface area contributed by atoms with Crippen LogP contribution in [-0.4, -0.2) is 32.1 Å². The summed E-state index contributed by atoms with van der Waals surface area (Å²) in [6.07, 6.45) is 0.846. The predicted octanol–water partition coefficient (Wildman–Crippen LogP) is 5.03. The van der Waals surface area contributed by atoms with Gasteiger partial charge >= 0.3 is 5.97 Å². The SMILES string of the molecule is COCCOC(=O)C1=C(C)NC2=C(C(=O)C[C@H](c3ccccc3Cl)C2)[C@H]1c1ccc(F)cc1. The number of carbonyl (C=O) groups excluding carboxylic acids is 2. The minimum absolute atomic E-state index is 0.0716. The Bertz CT molecular complexity index is 1140. The van der Waals surface area contributed by atoms with Crippen LogP contribution in [0.15, 0.2) is 71.1 Å². The van der Waals surface area contributed by atoms with Crippen LogP contribution in [0.4, 0.5) is 4.39 Å². The van der Waals surface area contributed by atoms with E-state index >= 15 is 0 Å². The zero-order valence-electron chi connectivity index (χ0n) is 18.5. The summed E-state index contributed by atoms with van der Waals surface area (Å²) in [6, 6.07) is 13.4. The number of methoxy groups -OCH3 is 1. The fourth-order valence-electron chi connectivity index (χ4n) is 4.62. The van der Waals surface area contributed by atoms with Crippen LogP contribution in [0.2, 0.25) is 5.02 Å². The molecule has 0 fully saturated rings. The lowest BCUT2D eigenvalue weighted by atomic mass is 9.71. The smallest absolute Gasteiger partial charge is 0.336 e. The highest BCUT2D eigenvalue weighted by molar-refractivity contribution is 6.31. The third-order valence-electron chi connectivity index (χ3n) is 6.12. The zero-order chi connectivity index (χ0) is 23.5. The average molecular weight is 470 g/mol. The molecule has 5 nitrogen and oxygen atoms in total. The quantitative estimate of drug-likeness (QED) is 0.475. The molecule has 0 spiro atoms. The summed E-state index contributed by atoms with van der Waals surface area (Å²) < 4.78 is 24.0. The summed E-state index contributed by atoms with van der Waals surface area (Å²) in [5.41, 5.74) is 3.82. The maximum atomic E-state index is 13.7. The number of rotatable bonds is 6. The van der Waals surface area contributed by atoms with Gasteiger partial charge in [-0.2, -0.15) is 0 Å². The van der Waals surface area contributed by atoms with Crippen molar-refractivity contribution in [3.05, 3.63) is 93.0 Å². The summed E-state index contributed by atoms with van der Waals surface area (Å²) in [7, 11) is 1.52. The number of ether oxygens (including phenoxy) is 2. The van der Waals surface area contributed by atoms with E-state index in [9.17, 15) is 14.0 Å². The van der Waals surface area contributed by atoms with Crippen molar-refractivity contribution in [2.75, 3.05) is 20.3 Å². The molecule has 2 atom stereocenters. The van der Waals surface area contributed by atoms with Crippen LogP contribution in [0.25, 0.3) is 0 Å². The van der Waals surface area contributed by atoms with E-state index in [0.717, 1.165) is 11.3 Å². The molecule has 0 aromatic heterocycles. The molecule has 33 heavy (non-hydrogen) atoms. The Morgan fingerprint density at radius 1 is 1.12 bits per heavy atom. The fourth-order valence-corrected chi connectivity index (χ4v) is 4.91. The highest BCUT2D eigenvalue weighted by Gasteiger charge is 2.41. The minimum atomic E-state index is -0.642. The van der Waals surface area contributed by atoms with Gasteiger partial charge in [-0.15, -0.1) is 0 Å². The van der Waals surface area contributed by atoms with Crippen LogP contribution < -0.4 is 5.32 Å². The lowest BCUT2D eigenvalue weighted by Gasteiger charge is -2.36. The zero-order valence-corrected chi connectivity index (χ0v) is 19.2. The van der Waals surface area contributed by atoms with Crippen LogP contribution in [0, 0.1) is 5.82 Å². The monoisotopic (exact) mass is 469 g/mol. The van der Waals surface area contributed by atoms with Crippen LogP contribution in [0.1, 0.15) is 42.7 Å². The molecule has 4 rings (SSSR count). The molecule has 0 saturated heterocycles. The molecular weight excluding hydrogens is 445 g/mol. The summed E-state index contributed by atoms with van der Waals surface area (Å²) in [5.74, 6) is -1.71. The third kappa shape index (κ3) is 4.72. The van der Waals surface area contributed by atoms with Crippen LogP contribution >= 0.6 is 11.6 Å². The van der Waals surface area contributed by atoms with Crippen LogP contribution in [0.5, 0.6) is 0 Å². The van der Waals surface area contributed by atoms with Crippen molar-refractivity contribution in [2.45, 2.75) is 31.6 Å². The molecule has 1 heterocycles. The molecular formula is C26H25ClFNO4. The van der Waals surface area contributed by atoms with E-state index in [-0.39, 0.29) is 37.2 Å². The minimum Gasteiger partial charge on any atom is -0.460 e. The van der Waals surface area contributed by atoms with Gasteiger partial charge in [0, 0.05) is 41.4 Å². The number of Topliss-reactive ketones (excluding diaryl/α,β-unsaturated/α-hetero) is 1. The Kier molecular flexibility index (Phi) is 6.96. The largest absolute Gasteiger partial charge is 0.460 e. The van der Waals surface area contributed by atoms with E-state index in [4.69, 9.17) is 21.1 Å². The van der Waals surface area contributed by atoms with Gasteiger partial charge in [0.15, 0.2) is 5.78 Å². The number of benzene rings is 2. The van der Waals surface area contributed by atoms with Crippen molar-refractivity contribution >= 4 is 23.4 Å². The standard InChI is InChI=1S/C26H25ClFNO4/c1-15-23(26(31)33-12-11-32-2)24(16-7-9-18(28)10-8-16)25-21(29-15)13-17(14-22(25)30)19-5-3-4-6-20(19)27/h3-10,17,24,29H,11-14H2,1-2H3/t17-,24+/m1/s1. The number of halogens is 2. The number of dihydropyridines is 1. The molecule has 172 valence electrons. The lowest BCUT2D eigenvalue weighted by Crippen LogP contribution is -2.36. The number of esters is 1. The van der Waals surface area contributed by atoms with E-state index in [1.165, 1.54) is 19.2 Å². The second kappa shape index (κ2) is 9.89. The van der Waals surface area contributed by atoms with Crippen LogP contribution in [0.3, 0.4) is 0 Å². The van der Waals surface area contributed by atoms with Crippen molar-refractivity contribution in [2.24, 2.45) is 0 Å². The maximum Gasteiger partial charge on any atom is 0.336 e. The molecule has 2 aliphatic rings. The van der Waals surface area contributed by atoms with Gasteiger partial charge in [-0.3, -0.25) is 4.79 Å². The predicted molar refractivity (Wildman–Crippen MR) is 123 cm³/mol. The fraction of sp³-hybridized carbons (Fsp3) is 0.308. The number of allylic oxidation sites excluding steroid dienone is 3. The van der Waals surface area contributed by atoms with Gasteiger partial charge in [0.25, 0.3) is 0 Å². The van der Waals surface area contributed by atoms with Crippen molar-refractivity contribution in [3.8, 4) is 0 Å². The summed E-state index contributed by atoms with van der Waals surface area (Å²) in [6.45, 7) is 2.15. The number of hydrogen-bond donors (Lipinski definition) is 1. The first-order chi connectivity index (χ1) is 15.9. The van der Waals surface area contributed by atoms with Crippen molar-refractivity contribution < 1.29 is 23.5 Å². The summed E-state index contributed by atoms with van der Waals surface area (Å²) >= 11 is 6.41. The van der Waals surface area contributed by atoms with Gasteiger partial charge in [-0.1, -0.05) is 41.9 Å². The molecule has 0 amide bonds. The molecule has 7 heteroatoms. The molecule has 0 saturated carbocycles. The van der Waals surface area contributed by atoms with Crippen molar-refractivity contribution in [3.63, 3.8) is 0 Å². The van der Waals surface area contributed by atoms with E-state index in [1.807, 2.05) is 24.3 Å². The van der Waals surface area contributed by atoms with Gasteiger partial charge in [0.2, 0.25) is 0 Å². The molecule has 1 N–H and O–H groups in total. The average Bonchev–Trinajstić information content (AvgIpc) is 2.79. The number of carbonyl (C=O) groups is 2. The van der Waals surface area contributed by atoms with Gasteiger partial charge in [-0.25, -0.2) is 9.18 Å². The number of ketones is 1. The highest BCUT2D eigenvalue weighted by Crippen LogP contribution is 2.46. The van der Waals surface area contributed by atoms with Crippen molar-refractivity contribution in [1.29, 1.82) is 0 Å².